The van der Waals surface area contributed by atoms with Crippen molar-refractivity contribution in [1.82, 2.24) is 0 Å². The van der Waals surface area contributed by atoms with Gasteiger partial charge in [-0.25, -0.2) is 9.59 Å². The molecule has 6 heteroatoms. The van der Waals surface area contributed by atoms with Gasteiger partial charge < -0.3 is 10.2 Å². The second-order valence-electron chi connectivity index (χ2n) is 4.74. The van der Waals surface area contributed by atoms with Crippen LogP contribution in [0, 0.1) is 22.7 Å². The number of nitriles is 2. The van der Waals surface area contributed by atoms with E-state index in [2.05, 4.69) is 0 Å². The quantitative estimate of drug-likeness (QED) is 0.659. The largest absolute Gasteiger partial charge is 0.478 e. The maximum atomic E-state index is 11.7. The standard InChI is InChI=1S/C18H10N2O4/c19-9-11-1-5-13(6-2-11)15(17(21)22)16(18(23)24)14-7-3-12(10-20)4-8-14/h1-8H,(H,21,22)(H,23,24)/b16-15+. The Bertz CT molecular complexity index is 834. The SMILES string of the molecule is N#Cc1ccc(/C(C(=O)O)=C(\C(=O)O)c2ccc(C#N)cc2)cc1. The van der Waals surface area contributed by atoms with Crippen LogP contribution in [0.1, 0.15) is 22.3 Å². The van der Waals surface area contributed by atoms with Crippen molar-refractivity contribution >= 4 is 23.1 Å². The third-order valence-corrected chi connectivity index (χ3v) is 3.28. The van der Waals surface area contributed by atoms with Crippen LogP contribution in [-0.2, 0) is 9.59 Å². The van der Waals surface area contributed by atoms with Crippen LogP contribution in [0.5, 0.6) is 0 Å². The van der Waals surface area contributed by atoms with Gasteiger partial charge in [0, 0.05) is 0 Å². The van der Waals surface area contributed by atoms with Crippen LogP contribution < -0.4 is 0 Å². The second kappa shape index (κ2) is 6.91. The van der Waals surface area contributed by atoms with Crippen LogP contribution in [0.3, 0.4) is 0 Å². The molecule has 24 heavy (non-hydrogen) atoms. The predicted molar refractivity (Wildman–Crippen MR) is 84.4 cm³/mol. The Morgan fingerprint density at radius 1 is 0.667 bits per heavy atom. The van der Waals surface area contributed by atoms with Gasteiger partial charge in [0.25, 0.3) is 0 Å². The normalized spacial score (nSPS) is 10.9. The van der Waals surface area contributed by atoms with E-state index in [4.69, 9.17) is 10.5 Å². The van der Waals surface area contributed by atoms with Gasteiger partial charge in [0.05, 0.1) is 34.4 Å². The third kappa shape index (κ3) is 3.29. The molecule has 0 fully saturated rings. The molecular weight excluding hydrogens is 308 g/mol. The van der Waals surface area contributed by atoms with Crippen LogP contribution in [0.25, 0.3) is 11.1 Å². The van der Waals surface area contributed by atoms with E-state index < -0.39 is 23.1 Å². The Morgan fingerprint density at radius 2 is 0.958 bits per heavy atom. The van der Waals surface area contributed by atoms with Crippen molar-refractivity contribution in [2.24, 2.45) is 0 Å². The van der Waals surface area contributed by atoms with E-state index in [0.29, 0.717) is 11.1 Å². The molecule has 0 aromatic heterocycles. The summed E-state index contributed by atoms with van der Waals surface area (Å²) in [4.78, 5) is 23.3. The molecule has 6 nitrogen and oxygen atoms in total. The highest BCUT2D eigenvalue weighted by Crippen LogP contribution is 2.27. The molecule has 2 rings (SSSR count). The van der Waals surface area contributed by atoms with Gasteiger partial charge in [0.15, 0.2) is 0 Å². The van der Waals surface area contributed by atoms with Crippen molar-refractivity contribution in [3.05, 3.63) is 70.8 Å². The van der Waals surface area contributed by atoms with Gasteiger partial charge in [-0.15, -0.1) is 0 Å². The second-order valence-corrected chi connectivity index (χ2v) is 4.74. The van der Waals surface area contributed by atoms with Gasteiger partial charge >= 0.3 is 11.9 Å². The molecule has 2 N–H and O–H groups in total. The van der Waals surface area contributed by atoms with Gasteiger partial charge in [-0.3, -0.25) is 0 Å². The summed E-state index contributed by atoms with van der Waals surface area (Å²) in [5.74, 6) is -2.80. The van der Waals surface area contributed by atoms with Gasteiger partial charge in [0.2, 0.25) is 0 Å². The molecule has 2 aromatic carbocycles. The van der Waals surface area contributed by atoms with E-state index >= 15 is 0 Å². The summed E-state index contributed by atoms with van der Waals surface area (Å²) in [7, 11) is 0. The van der Waals surface area contributed by atoms with Gasteiger partial charge in [-0.05, 0) is 35.4 Å². The van der Waals surface area contributed by atoms with E-state index in [1.54, 1.807) is 0 Å². The van der Waals surface area contributed by atoms with E-state index in [1.807, 2.05) is 12.1 Å². The smallest absolute Gasteiger partial charge is 0.337 e. The Balaban J connectivity index is 2.71. The Morgan fingerprint density at radius 3 is 1.17 bits per heavy atom. The van der Waals surface area contributed by atoms with Gasteiger partial charge in [-0.1, -0.05) is 24.3 Å². The van der Waals surface area contributed by atoms with Crippen LogP contribution in [0.15, 0.2) is 48.5 Å². The highest BCUT2D eigenvalue weighted by Gasteiger charge is 2.23. The van der Waals surface area contributed by atoms with Crippen molar-refractivity contribution in [3.63, 3.8) is 0 Å². The summed E-state index contributed by atoms with van der Waals surface area (Å²) in [6.45, 7) is 0. The van der Waals surface area contributed by atoms with Crippen molar-refractivity contribution < 1.29 is 19.8 Å². The number of benzene rings is 2. The fourth-order valence-corrected chi connectivity index (χ4v) is 2.17. The zero-order valence-electron chi connectivity index (χ0n) is 12.2. The van der Waals surface area contributed by atoms with Gasteiger partial charge in [-0.2, -0.15) is 10.5 Å². The van der Waals surface area contributed by atoms with E-state index in [0.717, 1.165) is 0 Å². The number of nitrogens with zero attached hydrogens (tertiary/aromatic N) is 2. The van der Waals surface area contributed by atoms with Crippen molar-refractivity contribution in [2.75, 3.05) is 0 Å². The highest BCUT2D eigenvalue weighted by molar-refractivity contribution is 6.36. The van der Waals surface area contributed by atoms with Crippen LogP contribution in [0.4, 0.5) is 0 Å². The summed E-state index contributed by atoms with van der Waals surface area (Å²) in [6, 6.07) is 15.0. The lowest BCUT2D eigenvalue weighted by molar-refractivity contribution is -0.132. The van der Waals surface area contributed by atoms with Crippen LogP contribution in [0.2, 0.25) is 0 Å². The molecule has 0 aliphatic heterocycles. The van der Waals surface area contributed by atoms with E-state index in [1.165, 1.54) is 48.5 Å². The molecule has 116 valence electrons. The maximum Gasteiger partial charge on any atom is 0.337 e. The number of hydrogen-bond acceptors (Lipinski definition) is 4. The third-order valence-electron chi connectivity index (χ3n) is 3.28. The molecule has 2 aromatic rings. The Hall–Kier alpha value is -3.90. The summed E-state index contributed by atoms with van der Waals surface area (Å²) in [6.07, 6.45) is 0. The minimum absolute atomic E-state index is 0.170. The van der Waals surface area contributed by atoms with Crippen molar-refractivity contribution in [2.45, 2.75) is 0 Å². The number of carbonyl (C=O) groups is 2. The molecule has 0 saturated carbocycles. The topological polar surface area (TPSA) is 122 Å². The first-order valence-electron chi connectivity index (χ1n) is 6.70. The highest BCUT2D eigenvalue weighted by atomic mass is 16.4. The summed E-state index contributed by atoms with van der Waals surface area (Å²) in [5.41, 5.74) is 0.220. The molecule has 0 aliphatic rings. The lowest BCUT2D eigenvalue weighted by Gasteiger charge is -2.10. The Labute approximate surface area is 137 Å². The monoisotopic (exact) mass is 318 g/mol. The fraction of sp³-hybridized carbons (Fsp3) is 0. The summed E-state index contributed by atoms with van der Waals surface area (Å²) < 4.78 is 0. The molecule has 0 saturated heterocycles. The first kappa shape index (κ1) is 16.5. The van der Waals surface area contributed by atoms with Gasteiger partial charge in [0.1, 0.15) is 0 Å². The molecule has 0 bridgehead atoms. The minimum atomic E-state index is -1.40. The molecule has 0 spiro atoms. The summed E-state index contributed by atoms with van der Waals surface area (Å²) in [5, 5.41) is 36.6. The lowest BCUT2D eigenvalue weighted by Crippen LogP contribution is -2.10. The first-order valence-corrected chi connectivity index (χ1v) is 6.70. The predicted octanol–water partition coefficient (Wildman–Crippen LogP) is 2.51. The molecule has 0 unspecified atom stereocenters. The maximum absolute atomic E-state index is 11.7. The molecule has 0 amide bonds. The first-order chi connectivity index (χ1) is 11.5. The number of aliphatic carboxylic acids is 2. The van der Waals surface area contributed by atoms with Crippen molar-refractivity contribution in [3.8, 4) is 12.1 Å². The zero-order valence-corrected chi connectivity index (χ0v) is 12.2. The Kier molecular flexibility index (Phi) is 4.74. The number of carboxylic acids is 2. The molecule has 0 aliphatic carbocycles. The van der Waals surface area contributed by atoms with Crippen LogP contribution in [-0.4, -0.2) is 22.2 Å². The molecule has 0 radical (unpaired) electrons. The number of rotatable bonds is 4. The molecular formula is C18H10N2O4. The fourth-order valence-electron chi connectivity index (χ4n) is 2.17. The summed E-state index contributed by atoms with van der Waals surface area (Å²) >= 11 is 0. The van der Waals surface area contributed by atoms with E-state index in [9.17, 15) is 19.8 Å². The minimum Gasteiger partial charge on any atom is -0.478 e. The molecule has 0 atom stereocenters. The average Bonchev–Trinajstić information content (AvgIpc) is 2.59. The average molecular weight is 318 g/mol. The van der Waals surface area contributed by atoms with E-state index in [-0.39, 0.29) is 11.1 Å². The number of carboxylic acid groups (broad SMARTS) is 2. The molecule has 0 heterocycles. The zero-order chi connectivity index (χ0) is 17.7. The van der Waals surface area contributed by atoms with Crippen LogP contribution >= 0.6 is 0 Å². The number of hydrogen-bond donors (Lipinski definition) is 2. The lowest BCUT2D eigenvalue weighted by atomic mass is 9.93. The van der Waals surface area contributed by atoms with Crippen molar-refractivity contribution in [1.29, 1.82) is 10.5 Å².